The molecule has 0 saturated carbocycles. The molecule has 1 N–H and O–H groups in total. The number of allylic oxidation sites excluding steroid dienone is 4. The van der Waals surface area contributed by atoms with E-state index in [1.165, 1.54) is 0 Å². The van der Waals surface area contributed by atoms with E-state index in [1.807, 2.05) is 0 Å². The van der Waals surface area contributed by atoms with Crippen molar-refractivity contribution in [3.05, 3.63) is 24.3 Å². The van der Waals surface area contributed by atoms with Crippen LogP contribution in [0.25, 0.3) is 0 Å². The second-order valence-corrected chi connectivity index (χ2v) is 7.19. The van der Waals surface area contributed by atoms with Gasteiger partial charge in [0.25, 0.3) is 10.1 Å². The molecule has 0 spiro atoms. The Morgan fingerprint density at radius 3 is 1.62 bits per heavy atom. The van der Waals surface area contributed by atoms with Gasteiger partial charge < -0.3 is 0 Å². The fraction of sp³-hybridized carbons (Fsp3) is 0.765. The fourth-order valence-electron chi connectivity index (χ4n) is 2.22. The first-order chi connectivity index (χ1) is 9.99. The van der Waals surface area contributed by atoms with E-state index in [0.29, 0.717) is 12.3 Å². The quantitative estimate of drug-likeness (QED) is 0.377. The van der Waals surface area contributed by atoms with Gasteiger partial charge >= 0.3 is 0 Å². The summed E-state index contributed by atoms with van der Waals surface area (Å²) in [6, 6.07) is 0. The van der Waals surface area contributed by atoms with Crippen LogP contribution < -0.4 is 0 Å². The highest BCUT2D eigenvalue weighted by atomic mass is 32.2. The minimum Gasteiger partial charge on any atom is -0.286 e. The van der Waals surface area contributed by atoms with Gasteiger partial charge in [-0.3, -0.25) is 4.55 Å². The molecule has 0 aromatic carbocycles. The van der Waals surface area contributed by atoms with Crippen molar-refractivity contribution >= 4 is 10.1 Å². The average Bonchev–Trinajstić information content (AvgIpc) is 2.42. The van der Waals surface area contributed by atoms with Crippen molar-refractivity contribution in [2.45, 2.75) is 71.6 Å². The van der Waals surface area contributed by atoms with Crippen molar-refractivity contribution in [1.82, 2.24) is 0 Å². The highest BCUT2D eigenvalue weighted by molar-refractivity contribution is 7.85. The van der Waals surface area contributed by atoms with Gasteiger partial charge in [-0.1, -0.05) is 51.0 Å². The van der Waals surface area contributed by atoms with E-state index in [0.717, 1.165) is 51.4 Å². The molecular formula is C17H32O3S. The fourth-order valence-corrected chi connectivity index (χ4v) is 2.85. The smallest absolute Gasteiger partial charge is 0.264 e. The zero-order chi connectivity index (χ0) is 16.0. The van der Waals surface area contributed by atoms with Crippen molar-refractivity contribution < 1.29 is 13.0 Å². The maximum Gasteiger partial charge on any atom is 0.264 e. The molecule has 0 aliphatic rings. The van der Waals surface area contributed by atoms with Crippen LogP contribution in [0.5, 0.6) is 0 Å². The summed E-state index contributed by atoms with van der Waals surface area (Å²) in [7, 11) is -3.83. The van der Waals surface area contributed by atoms with Crippen LogP contribution in [0.3, 0.4) is 0 Å². The summed E-state index contributed by atoms with van der Waals surface area (Å²) in [6.45, 7) is 4.31. The highest BCUT2D eigenvalue weighted by Crippen LogP contribution is 2.19. The van der Waals surface area contributed by atoms with E-state index in [9.17, 15) is 8.42 Å². The number of unbranched alkanes of at least 4 members (excludes halogenated alkanes) is 2. The molecule has 0 atom stereocenters. The van der Waals surface area contributed by atoms with Gasteiger partial charge in [0.1, 0.15) is 0 Å². The van der Waals surface area contributed by atoms with E-state index < -0.39 is 10.1 Å². The molecule has 3 nitrogen and oxygen atoms in total. The van der Waals surface area contributed by atoms with Gasteiger partial charge in [-0.15, -0.1) is 0 Å². The van der Waals surface area contributed by atoms with Crippen molar-refractivity contribution in [3.8, 4) is 0 Å². The normalized spacial score (nSPS) is 14.2. The molecule has 0 saturated heterocycles. The summed E-state index contributed by atoms with van der Waals surface area (Å²) in [5.74, 6) is 0.249. The van der Waals surface area contributed by atoms with Crippen LogP contribution in [-0.4, -0.2) is 18.7 Å². The Morgan fingerprint density at radius 2 is 1.24 bits per heavy atom. The largest absolute Gasteiger partial charge is 0.286 e. The van der Waals surface area contributed by atoms with Crippen molar-refractivity contribution in [2.75, 3.05) is 5.75 Å². The van der Waals surface area contributed by atoms with E-state index in [4.69, 9.17) is 4.55 Å². The first-order valence-corrected chi connectivity index (χ1v) is 9.85. The Hall–Kier alpha value is -0.610. The molecule has 0 aliphatic heterocycles. The lowest BCUT2D eigenvalue weighted by molar-refractivity contribution is 0.427. The molecule has 0 unspecified atom stereocenters. The lowest BCUT2D eigenvalue weighted by atomic mass is 9.94. The summed E-state index contributed by atoms with van der Waals surface area (Å²) in [6.07, 6.45) is 17.8. The minimum absolute atomic E-state index is 0.116. The van der Waals surface area contributed by atoms with Crippen molar-refractivity contribution in [2.24, 2.45) is 5.92 Å². The molecule has 0 radical (unpaired) electrons. The summed E-state index contributed by atoms with van der Waals surface area (Å²) in [5, 5.41) is 0. The summed E-state index contributed by atoms with van der Waals surface area (Å²) >= 11 is 0. The van der Waals surface area contributed by atoms with Crippen LogP contribution in [0.15, 0.2) is 24.3 Å². The van der Waals surface area contributed by atoms with Gasteiger partial charge in [0.15, 0.2) is 0 Å². The molecule has 0 aromatic rings. The molecular weight excluding hydrogens is 284 g/mol. The molecule has 124 valence electrons. The third kappa shape index (κ3) is 15.6. The van der Waals surface area contributed by atoms with Crippen molar-refractivity contribution in [1.29, 1.82) is 0 Å². The SMILES string of the molecule is CCCC=CCCC(CCC=CCCC)CCS(=O)(=O)O. The minimum atomic E-state index is -3.83. The standard InChI is InChI=1S/C17H32O3S/c1-3-5-7-9-11-13-17(15-16-21(18,19)20)14-12-10-8-6-4-2/h7-10,17H,3-6,11-16H2,1-2H3,(H,18,19,20). The van der Waals surface area contributed by atoms with Crippen LogP contribution in [0.1, 0.15) is 71.6 Å². The maximum absolute atomic E-state index is 10.9. The van der Waals surface area contributed by atoms with E-state index in [-0.39, 0.29) is 5.75 Å². The van der Waals surface area contributed by atoms with Crippen LogP contribution >= 0.6 is 0 Å². The Labute approximate surface area is 131 Å². The number of hydrogen-bond acceptors (Lipinski definition) is 2. The van der Waals surface area contributed by atoms with Gasteiger partial charge in [-0.2, -0.15) is 8.42 Å². The topological polar surface area (TPSA) is 54.4 Å². The van der Waals surface area contributed by atoms with Crippen LogP contribution in [-0.2, 0) is 10.1 Å². The van der Waals surface area contributed by atoms with E-state index in [2.05, 4.69) is 38.2 Å². The number of rotatable bonds is 13. The third-order valence-corrected chi connectivity index (χ3v) is 4.26. The van der Waals surface area contributed by atoms with Crippen molar-refractivity contribution in [3.63, 3.8) is 0 Å². The first kappa shape index (κ1) is 20.4. The lowest BCUT2D eigenvalue weighted by Gasteiger charge is -2.14. The summed E-state index contributed by atoms with van der Waals surface area (Å²) in [5.41, 5.74) is 0. The summed E-state index contributed by atoms with van der Waals surface area (Å²) < 4.78 is 30.7. The first-order valence-electron chi connectivity index (χ1n) is 8.24. The Kier molecular flexibility index (Phi) is 12.7. The van der Waals surface area contributed by atoms with Gasteiger partial charge in [-0.25, -0.2) is 0 Å². The molecule has 0 aliphatic carbocycles. The highest BCUT2D eigenvalue weighted by Gasteiger charge is 2.12. The predicted molar refractivity (Wildman–Crippen MR) is 91.1 cm³/mol. The zero-order valence-electron chi connectivity index (χ0n) is 13.6. The van der Waals surface area contributed by atoms with Crippen LogP contribution in [0.2, 0.25) is 0 Å². The van der Waals surface area contributed by atoms with E-state index in [1.54, 1.807) is 0 Å². The monoisotopic (exact) mass is 316 g/mol. The van der Waals surface area contributed by atoms with Crippen LogP contribution in [0, 0.1) is 5.92 Å². The molecule has 0 rings (SSSR count). The van der Waals surface area contributed by atoms with Gasteiger partial charge in [0, 0.05) is 0 Å². The lowest BCUT2D eigenvalue weighted by Crippen LogP contribution is -2.10. The molecule has 0 amide bonds. The second kappa shape index (κ2) is 13.1. The zero-order valence-corrected chi connectivity index (χ0v) is 14.4. The van der Waals surface area contributed by atoms with E-state index >= 15 is 0 Å². The molecule has 0 heterocycles. The Balaban J connectivity index is 4.13. The second-order valence-electron chi connectivity index (χ2n) is 5.62. The van der Waals surface area contributed by atoms with Crippen LogP contribution in [0.4, 0.5) is 0 Å². The third-order valence-electron chi connectivity index (χ3n) is 3.51. The molecule has 0 fully saturated rings. The molecule has 21 heavy (non-hydrogen) atoms. The molecule has 0 bridgehead atoms. The maximum atomic E-state index is 10.9. The molecule has 4 heteroatoms. The predicted octanol–water partition coefficient (Wildman–Crippen LogP) is 5.15. The average molecular weight is 317 g/mol. The van der Waals surface area contributed by atoms with Gasteiger partial charge in [-0.05, 0) is 50.9 Å². The summed E-state index contributed by atoms with van der Waals surface area (Å²) in [4.78, 5) is 0. The van der Waals surface area contributed by atoms with Gasteiger partial charge in [0.05, 0.1) is 5.75 Å². The number of hydrogen-bond donors (Lipinski definition) is 1. The molecule has 0 aromatic heterocycles. The Bertz CT molecular complexity index is 363. The van der Waals surface area contributed by atoms with Gasteiger partial charge in [0.2, 0.25) is 0 Å². The Morgan fingerprint density at radius 1 is 0.810 bits per heavy atom.